The van der Waals surface area contributed by atoms with Crippen molar-refractivity contribution in [2.75, 3.05) is 11.5 Å². The molecule has 1 amide bonds. The molecule has 1 atom stereocenters. The number of rotatable bonds is 13. The van der Waals surface area contributed by atoms with Crippen LogP contribution in [0, 0.1) is 0 Å². The van der Waals surface area contributed by atoms with Gasteiger partial charge in [0.15, 0.2) is 9.84 Å². The number of hydrogen-bond donors (Lipinski definition) is 3. The topological polar surface area (TPSA) is 158 Å². The van der Waals surface area contributed by atoms with Crippen LogP contribution in [-0.4, -0.2) is 42.4 Å². The van der Waals surface area contributed by atoms with Gasteiger partial charge in [0.2, 0.25) is 0 Å². The zero-order chi connectivity index (χ0) is 32.8. The molecule has 3 aromatic carbocycles. The van der Waals surface area contributed by atoms with Crippen LogP contribution < -0.4 is 20.5 Å². The van der Waals surface area contributed by atoms with E-state index in [-0.39, 0.29) is 39.7 Å². The first-order valence-corrected chi connectivity index (χ1v) is 16.9. The Bertz CT molecular complexity index is 1750. The molecule has 0 radical (unpaired) electrons. The molecule has 238 valence electrons. The number of amides is 1. The van der Waals surface area contributed by atoms with Crippen molar-refractivity contribution >= 4 is 50.3 Å². The number of nitrogens with one attached hydrogen (secondary N) is 1. The van der Waals surface area contributed by atoms with Gasteiger partial charge in [0.25, 0.3) is 12.1 Å². The number of nitrogens with two attached hydrogens (primary N) is 1. The quantitative estimate of drug-likeness (QED) is 0.117. The second-order valence-electron chi connectivity index (χ2n) is 11.3. The Morgan fingerprint density at radius 2 is 1.73 bits per heavy atom. The Balaban J connectivity index is 1.33. The van der Waals surface area contributed by atoms with Gasteiger partial charge in [0.05, 0.1) is 16.3 Å². The molecule has 0 aliphatic rings. The Kier molecular flexibility index (Phi) is 10.7. The highest BCUT2D eigenvalue weighted by molar-refractivity contribution is 7.91. The molecule has 0 aliphatic heterocycles. The first-order valence-electron chi connectivity index (χ1n) is 14.0. The molecule has 0 spiro atoms. The van der Waals surface area contributed by atoms with E-state index >= 15 is 0 Å². The van der Waals surface area contributed by atoms with E-state index in [1.807, 2.05) is 5.38 Å². The summed E-state index contributed by atoms with van der Waals surface area (Å²) in [4.78, 5) is 29.7. The highest BCUT2D eigenvalue weighted by Crippen LogP contribution is 2.26. The summed E-state index contributed by atoms with van der Waals surface area (Å²) >= 11 is 7.31. The summed E-state index contributed by atoms with van der Waals surface area (Å²) in [5, 5.41) is 15.3. The van der Waals surface area contributed by atoms with E-state index in [2.05, 4.69) is 31.1 Å². The monoisotopic (exact) mass is 671 g/mol. The standard InChI is InChI=1S/C32H34ClN3O7S2/c1-32(2,3)27-19-44-28(35-27)18-42-25-16-21(15-23(34)17-25)29(37)36-30(31(38)39)43-24-10-6-20(7-11-24)5-4-14-45(40,41)26-12-8-22(33)9-13-26/h6-13,15-17,19,30H,4-5,14,18,34H2,1-3H3,(H,36,37)(H,38,39). The van der Waals surface area contributed by atoms with Crippen LogP contribution in [0.25, 0.3) is 0 Å². The van der Waals surface area contributed by atoms with E-state index in [9.17, 15) is 23.1 Å². The number of carboxylic acid groups (broad SMARTS) is 1. The van der Waals surface area contributed by atoms with E-state index in [0.717, 1.165) is 16.3 Å². The predicted molar refractivity (Wildman–Crippen MR) is 174 cm³/mol. The molecule has 0 saturated carbocycles. The molecule has 0 aliphatic carbocycles. The molecular formula is C32H34ClN3O7S2. The van der Waals surface area contributed by atoms with Crippen LogP contribution in [0.4, 0.5) is 5.69 Å². The zero-order valence-corrected chi connectivity index (χ0v) is 27.3. The Morgan fingerprint density at radius 1 is 1.04 bits per heavy atom. The molecular weight excluding hydrogens is 638 g/mol. The number of thiazole rings is 1. The molecule has 0 saturated heterocycles. The number of aliphatic carboxylic acids is 1. The maximum atomic E-state index is 13.0. The third-order valence-electron chi connectivity index (χ3n) is 6.59. The number of carboxylic acids is 1. The Labute approximate surface area is 271 Å². The van der Waals surface area contributed by atoms with Crippen LogP contribution in [0.5, 0.6) is 11.5 Å². The predicted octanol–water partition coefficient (Wildman–Crippen LogP) is 5.88. The SMILES string of the molecule is CC(C)(C)c1csc(COc2cc(N)cc(C(=O)NC(Oc3ccc(CCCS(=O)(=O)c4ccc(Cl)cc4)cc3)C(=O)O)c2)n1. The number of aromatic nitrogens is 1. The van der Waals surface area contributed by atoms with Gasteiger partial charge in [-0.15, -0.1) is 11.3 Å². The minimum atomic E-state index is -3.45. The molecule has 10 nitrogen and oxygen atoms in total. The fourth-order valence-electron chi connectivity index (χ4n) is 4.14. The highest BCUT2D eigenvalue weighted by Gasteiger charge is 2.24. The normalized spacial score (nSPS) is 12.4. The summed E-state index contributed by atoms with van der Waals surface area (Å²) in [6.45, 7) is 6.39. The smallest absolute Gasteiger partial charge is 0.366 e. The lowest BCUT2D eigenvalue weighted by Gasteiger charge is -2.17. The Morgan fingerprint density at radius 3 is 2.36 bits per heavy atom. The van der Waals surface area contributed by atoms with Gasteiger partial charge < -0.3 is 25.6 Å². The van der Waals surface area contributed by atoms with Crippen molar-refractivity contribution in [1.29, 1.82) is 0 Å². The largest absolute Gasteiger partial charge is 0.486 e. The average Bonchev–Trinajstić information content (AvgIpc) is 3.46. The van der Waals surface area contributed by atoms with Crippen LogP contribution in [0.1, 0.15) is 53.8 Å². The number of anilines is 1. The second-order valence-corrected chi connectivity index (χ2v) is 14.8. The number of carbonyl (C=O) groups excluding carboxylic acids is 1. The number of benzene rings is 3. The van der Waals surface area contributed by atoms with Crippen LogP contribution in [0.2, 0.25) is 5.02 Å². The van der Waals surface area contributed by atoms with Crippen molar-refractivity contribution in [2.45, 2.75) is 56.8 Å². The summed E-state index contributed by atoms with van der Waals surface area (Å²) in [5.41, 5.74) is 8.05. The van der Waals surface area contributed by atoms with Crippen LogP contribution >= 0.6 is 22.9 Å². The van der Waals surface area contributed by atoms with Crippen molar-refractivity contribution in [3.63, 3.8) is 0 Å². The van der Waals surface area contributed by atoms with E-state index in [1.165, 1.54) is 47.7 Å². The third-order valence-corrected chi connectivity index (χ3v) is 9.48. The second kappa shape index (κ2) is 14.3. The van der Waals surface area contributed by atoms with Gasteiger partial charge in [-0.2, -0.15) is 0 Å². The van der Waals surface area contributed by atoms with Gasteiger partial charge in [-0.1, -0.05) is 44.5 Å². The van der Waals surface area contributed by atoms with Crippen molar-refractivity contribution < 1.29 is 32.6 Å². The van der Waals surface area contributed by atoms with Crippen LogP contribution in [-0.2, 0) is 33.1 Å². The van der Waals surface area contributed by atoms with E-state index in [0.29, 0.717) is 23.6 Å². The van der Waals surface area contributed by atoms with E-state index in [1.54, 1.807) is 30.3 Å². The van der Waals surface area contributed by atoms with Crippen molar-refractivity contribution in [3.05, 3.63) is 99.0 Å². The number of sulfone groups is 1. The maximum absolute atomic E-state index is 13.0. The van der Waals surface area contributed by atoms with Gasteiger partial charge >= 0.3 is 5.97 Å². The molecule has 13 heteroatoms. The van der Waals surface area contributed by atoms with Crippen molar-refractivity contribution in [1.82, 2.24) is 10.3 Å². The average molecular weight is 672 g/mol. The number of halogens is 1. The van der Waals surface area contributed by atoms with Crippen molar-refractivity contribution in [3.8, 4) is 11.5 Å². The van der Waals surface area contributed by atoms with Crippen LogP contribution in [0.3, 0.4) is 0 Å². The Hall–Kier alpha value is -4.13. The minimum Gasteiger partial charge on any atom is -0.486 e. The number of carbonyl (C=O) groups is 2. The molecule has 45 heavy (non-hydrogen) atoms. The van der Waals surface area contributed by atoms with E-state index in [4.69, 9.17) is 26.8 Å². The number of ether oxygens (including phenoxy) is 2. The molecule has 1 heterocycles. The minimum absolute atomic E-state index is 0.0419. The highest BCUT2D eigenvalue weighted by atomic mass is 35.5. The molecule has 1 unspecified atom stereocenters. The summed E-state index contributed by atoms with van der Waals surface area (Å²) in [7, 11) is -3.45. The third kappa shape index (κ3) is 9.68. The zero-order valence-electron chi connectivity index (χ0n) is 24.9. The number of nitrogens with zero attached hydrogens (tertiary/aromatic N) is 1. The molecule has 1 aromatic heterocycles. The summed E-state index contributed by atoms with van der Waals surface area (Å²) in [5.74, 6) is -1.63. The van der Waals surface area contributed by atoms with Gasteiger partial charge in [0, 0.05) is 33.1 Å². The molecule has 0 bridgehead atoms. The van der Waals surface area contributed by atoms with E-state index < -0.39 is 27.9 Å². The van der Waals surface area contributed by atoms with Crippen molar-refractivity contribution in [2.24, 2.45) is 0 Å². The molecule has 0 fully saturated rings. The molecule has 4 aromatic rings. The van der Waals surface area contributed by atoms with Gasteiger partial charge in [-0.3, -0.25) is 4.79 Å². The summed E-state index contributed by atoms with van der Waals surface area (Å²) in [6, 6.07) is 17.0. The fourth-order valence-corrected chi connectivity index (χ4v) is 6.51. The number of hydrogen-bond acceptors (Lipinski definition) is 9. The summed E-state index contributed by atoms with van der Waals surface area (Å²) in [6.07, 6.45) is -0.830. The lowest BCUT2D eigenvalue weighted by molar-refractivity contribution is -0.146. The lowest BCUT2D eigenvalue weighted by Crippen LogP contribution is -2.45. The van der Waals surface area contributed by atoms with Gasteiger partial charge in [0.1, 0.15) is 23.1 Å². The number of aryl methyl sites for hydroxylation is 1. The molecule has 4 rings (SSSR count). The number of nitrogen functional groups attached to an aromatic ring is 1. The lowest BCUT2D eigenvalue weighted by atomic mass is 9.93. The first kappa shape index (κ1) is 33.8. The fraction of sp³-hybridized carbons (Fsp3) is 0.281. The first-order chi connectivity index (χ1) is 21.2. The molecule has 4 N–H and O–H groups in total. The van der Waals surface area contributed by atoms with Crippen LogP contribution in [0.15, 0.2) is 77.0 Å². The van der Waals surface area contributed by atoms with Gasteiger partial charge in [-0.05, 0) is 66.9 Å². The maximum Gasteiger partial charge on any atom is 0.366 e. The summed E-state index contributed by atoms with van der Waals surface area (Å²) < 4.78 is 36.5. The van der Waals surface area contributed by atoms with Gasteiger partial charge in [-0.25, -0.2) is 18.2 Å².